The van der Waals surface area contributed by atoms with Gasteiger partial charge in [-0.25, -0.2) is 9.67 Å². The second-order valence-corrected chi connectivity index (χ2v) is 5.52. The van der Waals surface area contributed by atoms with Crippen LogP contribution in [0.2, 0.25) is 0 Å². The molecule has 2 unspecified atom stereocenters. The van der Waals surface area contributed by atoms with E-state index in [0.29, 0.717) is 5.56 Å². The van der Waals surface area contributed by atoms with Crippen molar-refractivity contribution in [3.8, 4) is 0 Å². The molecule has 0 bridgehead atoms. The molecule has 1 heterocycles. The van der Waals surface area contributed by atoms with Crippen molar-refractivity contribution in [2.75, 3.05) is 6.61 Å². The second kappa shape index (κ2) is 5.44. The molecule has 1 N–H and O–H groups in total. The Labute approximate surface area is 105 Å². The molecule has 0 aliphatic rings. The third-order valence-electron chi connectivity index (χ3n) is 2.41. The molecular weight excluding hydrogens is 253 g/mol. The van der Waals surface area contributed by atoms with Crippen molar-refractivity contribution in [1.29, 1.82) is 0 Å². The maximum atomic E-state index is 12.3. The van der Waals surface area contributed by atoms with Crippen molar-refractivity contribution in [1.82, 2.24) is 14.8 Å². The standard InChI is InChI=1S/C11H14N3O3P/c1-2-17-18(15,16)11(14-9-12-8-13-14)10-6-4-3-5-7-10/h3-9,11H,2H2,1H3,(H,15,16). The highest BCUT2D eigenvalue weighted by atomic mass is 31.2. The Morgan fingerprint density at radius 1 is 1.44 bits per heavy atom. The Morgan fingerprint density at radius 3 is 2.72 bits per heavy atom. The summed E-state index contributed by atoms with van der Waals surface area (Å²) in [5.74, 6) is -0.874. The molecular formula is C11H14N3O3P. The molecule has 6 nitrogen and oxygen atoms in total. The molecule has 0 radical (unpaired) electrons. The van der Waals surface area contributed by atoms with Crippen molar-refractivity contribution in [2.45, 2.75) is 12.7 Å². The van der Waals surface area contributed by atoms with E-state index in [1.54, 1.807) is 31.2 Å². The highest BCUT2D eigenvalue weighted by Crippen LogP contribution is 2.56. The van der Waals surface area contributed by atoms with Crippen LogP contribution in [0.5, 0.6) is 0 Å². The minimum Gasteiger partial charge on any atom is -0.323 e. The summed E-state index contributed by atoms with van der Waals surface area (Å²) in [7, 11) is -3.85. The number of nitrogens with zero attached hydrogens (tertiary/aromatic N) is 3. The minimum atomic E-state index is -3.85. The summed E-state index contributed by atoms with van der Waals surface area (Å²) in [6.45, 7) is 1.83. The number of benzene rings is 1. The van der Waals surface area contributed by atoms with Crippen molar-refractivity contribution < 1.29 is 14.0 Å². The van der Waals surface area contributed by atoms with Crippen molar-refractivity contribution >= 4 is 7.60 Å². The molecule has 0 saturated carbocycles. The van der Waals surface area contributed by atoms with Crippen LogP contribution >= 0.6 is 7.60 Å². The molecule has 7 heteroatoms. The fraction of sp³-hybridized carbons (Fsp3) is 0.273. The highest BCUT2D eigenvalue weighted by Gasteiger charge is 2.35. The molecule has 2 aromatic rings. The first-order valence-electron chi connectivity index (χ1n) is 5.51. The molecule has 0 aliphatic carbocycles. The van der Waals surface area contributed by atoms with Gasteiger partial charge in [0, 0.05) is 0 Å². The lowest BCUT2D eigenvalue weighted by atomic mass is 10.2. The van der Waals surface area contributed by atoms with Crippen molar-refractivity contribution in [3.05, 3.63) is 48.5 Å². The maximum absolute atomic E-state index is 12.3. The van der Waals surface area contributed by atoms with Gasteiger partial charge in [-0.1, -0.05) is 30.3 Å². The Morgan fingerprint density at radius 2 is 2.17 bits per heavy atom. The fourth-order valence-corrected chi connectivity index (χ4v) is 3.19. The number of aromatic nitrogens is 3. The van der Waals surface area contributed by atoms with Crippen LogP contribution in [0.15, 0.2) is 43.0 Å². The zero-order valence-electron chi connectivity index (χ0n) is 9.88. The quantitative estimate of drug-likeness (QED) is 0.839. The first kappa shape index (κ1) is 13.0. The summed E-state index contributed by atoms with van der Waals surface area (Å²) in [5.41, 5.74) is 0.655. The van der Waals surface area contributed by atoms with Gasteiger partial charge < -0.3 is 9.42 Å². The van der Waals surface area contributed by atoms with Crippen LogP contribution in [-0.4, -0.2) is 26.3 Å². The third kappa shape index (κ3) is 2.67. The van der Waals surface area contributed by atoms with Gasteiger partial charge in [0.25, 0.3) is 0 Å². The van der Waals surface area contributed by atoms with E-state index in [9.17, 15) is 9.46 Å². The van der Waals surface area contributed by atoms with Crippen LogP contribution in [0.1, 0.15) is 18.3 Å². The molecule has 2 atom stereocenters. The van der Waals surface area contributed by atoms with Crippen LogP contribution in [0.4, 0.5) is 0 Å². The lowest BCUT2D eigenvalue weighted by Gasteiger charge is -2.22. The molecule has 0 fully saturated rings. The largest absolute Gasteiger partial charge is 0.357 e. The van der Waals surface area contributed by atoms with Gasteiger partial charge in [-0.05, 0) is 12.5 Å². The van der Waals surface area contributed by atoms with Gasteiger partial charge in [0.2, 0.25) is 0 Å². The molecule has 2 rings (SSSR count). The third-order valence-corrected chi connectivity index (χ3v) is 4.19. The zero-order valence-corrected chi connectivity index (χ0v) is 10.8. The topological polar surface area (TPSA) is 77.2 Å². The Kier molecular flexibility index (Phi) is 3.91. The van der Waals surface area contributed by atoms with Crippen molar-refractivity contribution in [3.63, 3.8) is 0 Å². The van der Waals surface area contributed by atoms with Crippen LogP contribution in [0.3, 0.4) is 0 Å². The van der Waals surface area contributed by atoms with Crippen molar-refractivity contribution in [2.24, 2.45) is 0 Å². The molecule has 1 aromatic heterocycles. The lowest BCUT2D eigenvalue weighted by Crippen LogP contribution is -2.13. The summed E-state index contributed by atoms with van der Waals surface area (Å²) < 4.78 is 18.6. The van der Waals surface area contributed by atoms with Crippen LogP contribution in [-0.2, 0) is 9.09 Å². The van der Waals surface area contributed by atoms with Gasteiger partial charge in [0.15, 0.2) is 5.78 Å². The Bertz CT molecular complexity index is 530. The van der Waals surface area contributed by atoms with E-state index in [1.807, 2.05) is 6.07 Å². The van der Waals surface area contributed by atoms with Gasteiger partial charge in [-0.2, -0.15) is 5.10 Å². The fourth-order valence-electron chi connectivity index (χ4n) is 1.72. The molecule has 96 valence electrons. The predicted octanol–water partition coefficient (Wildman–Crippen LogP) is 2.05. The van der Waals surface area contributed by atoms with E-state index in [0.717, 1.165) is 0 Å². The smallest absolute Gasteiger partial charge is 0.323 e. The summed E-state index contributed by atoms with van der Waals surface area (Å²) in [4.78, 5) is 13.9. The predicted molar refractivity (Wildman–Crippen MR) is 66.1 cm³/mol. The van der Waals surface area contributed by atoms with Crippen LogP contribution < -0.4 is 0 Å². The Hall–Kier alpha value is -1.49. The zero-order chi connectivity index (χ0) is 13.0. The van der Waals surface area contributed by atoms with E-state index in [2.05, 4.69) is 10.1 Å². The summed E-state index contributed by atoms with van der Waals surface area (Å²) in [6, 6.07) is 8.95. The average molecular weight is 267 g/mol. The molecule has 0 spiro atoms. The molecule has 1 aromatic carbocycles. The van der Waals surface area contributed by atoms with Crippen LogP contribution in [0.25, 0.3) is 0 Å². The Balaban J connectivity index is 2.45. The van der Waals surface area contributed by atoms with Gasteiger partial charge in [-0.3, -0.25) is 4.57 Å². The van der Waals surface area contributed by atoms with Gasteiger partial charge in [-0.15, -0.1) is 0 Å². The first-order valence-corrected chi connectivity index (χ1v) is 7.16. The first-order chi connectivity index (χ1) is 8.65. The van der Waals surface area contributed by atoms with E-state index < -0.39 is 13.4 Å². The van der Waals surface area contributed by atoms with E-state index in [-0.39, 0.29) is 6.61 Å². The molecule has 0 aliphatic heterocycles. The minimum absolute atomic E-state index is 0.159. The van der Waals surface area contributed by atoms with E-state index >= 15 is 0 Å². The van der Waals surface area contributed by atoms with Gasteiger partial charge in [0.1, 0.15) is 12.7 Å². The van der Waals surface area contributed by atoms with E-state index in [1.165, 1.54) is 17.3 Å². The number of hydrogen-bond acceptors (Lipinski definition) is 4. The van der Waals surface area contributed by atoms with E-state index in [4.69, 9.17) is 4.52 Å². The van der Waals surface area contributed by atoms with Crippen LogP contribution in [0, 0.1) is 0 Å². The highest BCUT2D eigenvalue weighted by molar-refractivity contribution is 7.53. The molecule has 18 heavy (non-hydrogen) atoms. The normalized spacial score (nSPS) is 16.1. The maximum Gasteiger partial charge on any atom is 0.357 e. The summed E-state index contributed by atoms with van der Waals surface area (Å²) >= 11 is 0. The molecule has 0 amide bonds. The average Bonchev–Trinajstić information content (AvgIpc) is 2.83. The number of hydrogen-bond donors (Lipinski definition) is 1. The second-order valence-electron chi connectivity index (χ2n) is 3.64. The van der Waals surface area contributed by atoms with Gasteiger partial charge in [0.05, 0.1) is 6.61 Å². The summed E-state index contributed by atoms with van der Waals surface area (Å²) in [5, 5.41) is 3.93. The molecule has 0 saturated heterocycles. The number of rotatable bonds is 5. The monoisotopic (exact) mass is 267 g/mol. The van der Waals surface area contributed by atoms with Gasteiger partial charge >= 0.3 is 7.60 Å². The lowest BCUT2D eigenvalue weighted by molar-refractivity contribution is 0.257. The SMILES string of the molecule is CCOP(=O)(O)C(c1ccccc1)n1cncn1. The summed E-state index contributed by atoms with van der Waals surface area (Å²) in [6.07, 6.45) is 2.72.